The number of nitrogens with one attached hydrogen (secondary N) is 1. The fourth-order valence-corrected chi connectivity index (χ4v) is 5.23. The molecule has 0 radical (unpaired) electrons. The van der Waals surface area contributed by atoms with Crippen molar-refractivity contribution in [3.8, 4) is 0 Å². The van der Waals surface area contributed by atoms with E-state index in [1.54, 1.807) is 54.6 Å². The van der Waals surface area contributed by atoms with E-state index in [9.17, 15) is 31.2 Å². The van der Waals surface area contributed by atoms with E-state index in [0.29, 0.717) is 27.0 Å². The standard InChI is InChI=1S/C27H26Cl2F3N3O4S/c1-33-26(37)24(14-18-6-4-3-5-7-18)34(16-19-8-11-21(28)12-9-19)25(36)17-35(40(2,38)39)23-15-20(27(30,31)32)10-13-22(23)29/h3-13,15,24H,14,16-17H2,1-2H3,(H,33,37). The summed E-state index contributed by atoms with van der Waals surface area (Å²) in [5.74, 6) is -1.35. The first-order valence-electron chi connectivity index (χ1n) is 11.8. The average Bonchev–Trinajstić information content (AvgIpc) is 2.89. The summed E-state index contributed by atoms with van der Waals surface area (Å²) < 4.78 is 66.3. The highest BCUT2D eigenvalue weighted by molar-refractivity contribution is 7.92. The fraction of sp³-hybridized carbons (Fsp3) is 0.259. The molecule has 0 bridgehead atoms. The van der Waals surface area contributed by atoms with E-state index in [4.69, 9.17) is 23.2 Å². The highest BCUT2D eigenvalue weighted by atomic mass is 35.5. The first-order chi connectivity index (χ1) is 18.7. The lowest BCUT2D eigenvalue weighted by Gasteiger charge is -2.33. The van der Waals surface area contributed by atoms with Gasteiger partial charge in [0.15, 0.2) is 0 Å². The highest BCUT2D eigenvalue weighted by Crippen LogP contribution is 2.36. The average molecular weight is 616 g/mol. The van der Waals surface area contributed by atoms with Crippen LogP contribution in [0.5, 0.6) is 0 Å². The molecule has 0 saturated carbocycles. The highest BCUT2D eigenvalue weighted by Gasteiger charge is 2.35. The van der Waals surface area contributed by atoms with Crippen molar-refractivity contribution in [3.05, 3.63) is 99.5 Å². The molecule has 13 heteroatoms. The SMILES string of the molecule is CNC(=O)C(Cc1ccccc1)N(Cc1ccc(Cl)cc1)C(=O)CN(c1cc(C(F)(F)F)ccc1Cl)S(C)(=O)=O. The first-order valence-corrected chi connectivity index (χ1v) is 14.4. The van der Waals surface area contributed by atoms with Gasteiger partial charge in [-0.25, -0.2) is 8.42 Å². The predicted octanol–water partition coefficient (Wildman–Crippen LogP) is 5.16. The van der Waals surface area contributed by atoms with Gasteiger partial charge in [-0.05, 0) is 41.5 Å². The molecule has 3 aromatic carbocycles. The Hall–Kier alpha value is -3.28. The number of carbonyl (C=O) groups excluding carboxylic acids is 2. The number of carbonyl (C=O) groups is 2. The maximum atomic E-state index is 13.8. The molecule has 3 aromatic rings. The van der Waals surface area contributed by atoms with Gasteiger partial charge in [-0.3, -0.25) is 13.9 Å². The normalized spacial score (nSPS) is 12.5. The zero-order chi connectivity index (χ0) is 29.7. The molecule has 0 saturated heterocycles. The summed E-state index contributed by atoms with van der Waals surface area (Å²) in [5.41, 5.74) is -0.342. The van der Waals surface area contributed by atoms with Gasteiger partial charge in [0.2, 0.25) is 21.8 Å². The third kappa shape index (κ3) is 8.12. The quantitative estimate of drug-likeness (QED) is 0.341. The van der Waals surface area contributed by atoms with Crippen molar-refractivity contribution in [3.63, 3.8) is 0 Å². The second-order valence-corrected chi connectivity index (χ2v) is 11.7. The van der Waals surface area contributed by atoms with Crippen molar-refractivity contribution in [2.24, 2.45) is 0 Å². The Kier molecular flexibility index (Phi) is 10.1. The van der Waals surface area contributed by atoms with E-state index >= 15 is 0 Å². The van der Waals surface area contributed by atoms with Crippen LogP contribution in [0.15, 0.2) is 72.8 Å². The number of hydrogen-bond donors (Lipinski definition) is 1. The number of nitrogens with zero attached hydrogens (tertiary/aromatic N) is 2. The maximum absolute atomic E-state index is 13.8. The summed E-state index contributed by atoms with van der Waals surface area (Å²) in [5, 5.41) is 2.67. The van der Waals surface area contributed by atoms with Gasteiger partial charge in [0.1, 0.15) is 12.6 Å². The zero-order valence-corrected chi connectivity index (χ0v) is 23.8. The van der Waals surface area contributed by atoms with Crippen LogP contribution < -0.4 is 9.62 Å². The molecule has 40 heavy (non-hydrogen) atoms. The molecular formula is C27H26Cl2F3N3O4S. The van der Waals surface area contributed by atoms with Crippen molar-refractivity contribution in [2.75, 3.05) is 24.2 Å². The number of amides is 2. The number of halogens is 5. The van der Waals surface area contributed by atoms with Gasteiger partial charge in [0, 0.05) is 25.0 Å². The van der Waals surface area contributed by atoms with Crippen LogP contribution in [0.25, 0.3) is 0 Å². The minimum absolute atomic E-state index is 0.0863. The van der Waals surface area contributed by atoms with Crippen LogP contribution in [-0.2, 0) is 38.8 Å². The van der Waals surface area contributed by atoms with Gasteiger partial charge in [-0.15, -0.1) is 0 Å². The van der Waals surface area contributed by atoms with Gasteiger partial charge in [-0.2, -0.15) is 13.2 Å². The molecule has 1 atom stereocenters. The molecule has 2 amide bonds. The molecule has 0 fully saturated rings. The van der Waals surface area contributed by atoms with Gasteiger partial charge >= 0.3 is 6.18 Å². The van der Waals surface area contributed by atoms with Crippen LogP contribution in [0.4, 0.5) is 18.9 Å². The summed E-state index contributed by atoms with van der Waals surface area (Å²) in [6, 6.07) is 16.4. The number of sulfonamides is 1. The van der Waals surface area contributed by atoms with Crippen LogP contribution >= 0.6 is 23.2 Å². The third-order valence-corrected chi connectivity index (χ3v) is 7.70. The number of rotatable bonds is 10. The van der Waals surface area contributed by atoms with Crippen molar-refractivity contribution in [1.29, 1.82) is 0 Å². The number of anilines is 1. The summed E-state index contributed by atoms with van der Waals surface area (Å²) in [6.07, 6.45) is -3.95. The fourth-order valence-electron chi connectivity index (χ4n) is 3.98. The molecule has 1 unspecified atom stereocenters. The smallest absolute Gasteiger partial charge is 0.357 e. The number of benzene rings is 3. The Bertz CT molecular complexity index is 1450. The third-order valence-electron chi connectivity index (χ3n) is 6.01. The second kappa shape index (κ2) is 12.9. The molecule has 0 aliphatic heterocycles. The second-order valence-electron chi connectivity index (χ2n) is 8.90. The lowest BCUT2D eigenvalue weighted by Crippen LogP contribution is -2.52. The Labute approximate surface area is 240 Å². The minimum atomic E-state index is -4.78. The van der Waals surface area contributed by atoms with Gasteiger partial charge in [0.25, 0.3) is 0 Å². The summed E-state index contributed by atoms with van der Waals surface area (Å²) in [6.45, 7) is -1.02. The monoisotopic (exact) mass is 615 g/mol. The molecule has 0 aromatic heterocycles. The van der Waals surface area contributed by atoms with E-state index in [1.165, 1.54) is 11.9 Å². The molecule has 3 rings (SSSR count). The van der Waals surface area contributed by atoms with Crippen molar-refractivity contribution in [2.45, 2.75) is 25.2 Å². The van der Waals surface area contributed by atoms with Crippen LogP contribution in [0.3, 0.4) is 0 Å². The van der Waals surface area contributed by atoms with Crippen molar-refractivity contribution in [1.82, 2.24) is 10.2 Å². The zero-order valence-electron chi connectivity index (χ0n) is 21.5. The topological polar surface area (TPSA) is 86.8 Å². The van der Waals surface area contributed by atoms with Crippen LogP contribution in [0, 0.1) is 0 Å². The van der Waals surface area contributed by atoms with Crippen molar-refractivity contribution >= 4 is 50.7 Å². The first kappa shape index (κ1) is 31.3. The Morgan fingerprint density at radius 3 is 2.12 bits per heavy atom. The van der Waals surface area contributed by atoms with E-state index < -0.39 is 51.9 Å². The van der Waals surface area contributed by atoms with E-state index in [2.05, 4.69) is 5.32 Å². The van der Waals surface area contributed by atoms with Crippen LogP contribution in [-0.4, -0.2) is 51.0 Å². The van der Waals surface area contributed by atoms with Crippen molar-refractivity contribution < 1.29 is 31.2 Å². The molecule has 0 aliphatic rings. The van der Waals surface area contributed by atoms with Crippen LogP contribution in [0.1, 0.15) is 16.7 Å². The van der Waals surface area contributed by atoms with E-state index in [1.807, 2.05) is 0 Å². The van der Waals surface area contributed by atoms with Gasteiger partial charge in [-0.1, -0.05) is 65.7 Å². The molecule has 0 heterocycles. The van der Waals surface area contributed by atoms with Gasteiger partial charge < -0.3 is 10.2 Å². The summed E-state index contributed by atoms with van der Waals surface area (Å²) in [7, 11) is -2.90. The largest absolute Gasteiger partial charge is 0.416 e. The predicted molar refractivity (Wildman–Crippen MR) is 149 cm³/mol. The van der Waals surface area contributed by atoms with E-state index in [-0.39, 0.29) is 18.0 Å². The van der Waals surface area contributed by atoms with E-state index in [0.717, 1.165) is 17.9 Å². The maximum Gasteiger partial charge on any atom is 0.416 e. The molecule has 0 aliphatic carbocycles. The molecule has 0 spiro atoms. The number of alkyl halides is 3. The number of hydrogen-bond acceptors (Lipinski definition) is 4. The molecule has 1 N–H and O–H groups in total. The summed E-state index contributed by atoms with van der Waals surface area (Å²) >= 11 is 12.1. The molecule has 214 valence electrons. The summed E-state index contributed by atoms with van der Waals surface area (Å²) in [4.78, 5) is 28.1. The van der Waals surface area contributed by atoms with Crippen LogP contribution in [0.2, 0.25) is 10.0 Å². The van der Waals surface area contributed by atoms with Gasteiger partial charge in [0.05, 0.1) is 22.5 Å². The Morgan fingerprint density at radius 2 is 1.57 bits per heavy atom. The lowest BCUT2D eigenvalue weighted by atomic mass is 10.0. The number of likely N-dealkylation sites (N-methyl/N-ethyl adjacent to an activating group) is 1. The Balaban J connectivity index is 2.08. The molecule has 7 nitrogen and oxygen atoms in total. The Morgan fingerprint density at radius 1 is 0.950 bits per heavy atom. The molecular weight excluding hydrogens is 590 g/mol. The minimum Gasteiger partial charge on any atom is -0.357 e. The lowest BCUT2D eigenvalue weighted by molar-refractivity contribution is -0.139.